The highest BCUT2D eigenvalue weighted by Crippen LogP contribution is 2.36. The second-order valence-electron chi connectivity index (χ2n) is 11.3. The predicted molar refractivity (Wildman–Crippen MR) is 151 cm³/mol. The highest BCUT2D eigenvalue weighted by atomic mass is 32.2. The summed E-state index contributed by atoms with van der Waals surface area (Å²) in [4.78, 5) is 14.1. The lowest BCUT2D eigenvalue weighted by Crippen LogP contribution is -2.35. The van der Waals surface area contributed by atoms with Gasteiger partial charge < -0.3 is 15.3 Å². The first-order valence-electron chi connectivity index (χ1n) is 14.0. The van der Waals surface area contributed by atoms with Gasteiger partial charge in [-0.25, -0.2) is 13.2 Å². The van der Waals surface area contributed by atoms with Crippen molar-refractivity contribution in [2.45, 2.75) is 70.2 Å². The fourth-order valence-corrected chi connectivity index (χ4v) is 8.45. The minimum absolute atomic E-state index is 0.256. The van der Waals surface area contributed by atoms with Gasteiger partial charge >= 0.3 is 6.09 Å². The topological polar surface area (TPSA) is 90.0 Å². The quantitative estimate of drug-likeness (QED) is 0.482. The van der Waals surface area contributed by atoms with Crippen molar-refractivity contribution in [2.24, 2.45) is 11.8 Å². The molecule has 3 atom stereocenters. The van der Waals surface area contributed by atoms with Gasteiger partial charge in [0.2, 0.25) is 10.0 Å². The second kappa shape index (κ2) is 12.6. The fraction of sp³-hybridized carbons (Fsp3) is 0.567. The van der Waals surface area contributed by atoms with Crippen LogP contribution in [0.25, 0.3) is 0 Å². The number of fused-ring (bicyclic) bond motifs is 1. The molecule has 8 heteroatoms. The molecule has 1 amide bonds. The van der Waals surface area contributed by atoms with Crippen molar-refractivity contribution in [3.05, 3.63) is 64.7 Å². The lowest BCUT2D eigenvalue weighted by Gasteiger charge is -2.24. The van der Waals surface area contributed by atoms with E-state index < -0.39 is 16.1 Å². The van der Waals surface area contributed by atoms with Crippen LogP contribution in [-0.4, -0.2) is 61.5 Å². The molecule has 3 fully saturated rings. The molecule has 7 nitrogen and oxygen atoms in total. The standard InChI is InChI=1S/C25H33N3O4S.C5H10/c1-17-11-18(2)24(19(3)12-17)33(31,32)28-15-21-13-27(14-22(21)16-28)10-9-23(26-25(29)30)20-7-5-4-6-8-20;1-2-4-5-3-1/h4-8,11-12,21-23,26H,9-10,13-16H2,1-3H3,(H,29,30);1-5H2/t21-,22?,23?;/m0./s1. The van der Waals surface area contributed by atoms with Crippen LogP contribution < -0.4 is 5.32 Å². The average molecular weight is 542 g/mol. The lowest BCUT2D eigenvalue weighted by molar-refractivity contribution is 0.187. The number of sulfonamides is 1. The largest absolute Gasteiger partial charge is 0.465 e. The van der Waals surface area contributed by atoms with Crippen molar-refractivity contribution in [3.8, 4) is 0 Å². The summed E-state index contributed by atoms with van der Waals surface area (Å²) in [6.07, 6.45) is 7.16. The molecular weight excluding hydrogens is 498 g/mol. The molecule has 2 N–H and O–H groups in total. The van der Waals surface area contributed by atoms with Gasteiger partial charge in [0.15, 0.2) is 0 Å². The highest BCUT2D eigenvalue weighted by Gasteiger charge is 2.44. The minimum atomic E-state index is -3.51. The maximum absolute atomic E-state index is 13.4. The summed E-state index contributed by atoms with van der Waals surface area (Å²) in [5.74, 6) is 0.627. The molecule has 2 aromatic carbocycles. The van der Waals surface area contributed by atoms with Crippen LogP contribution in [0.2, 0.25) is 0 Å². The molecule has 1 aliphatic carbocycles. The Kier molecular flexibility index (Phi) is 9.50. The van der Waals surface area contributed by atoms with E-state index in [1.807, 2.05) is 63.2 Å². The smallest absolute Gasteiger partial charge is 0.405 e. The van der Waals surface area contributed by atoms with Crippen molar-refractivity contribution in [1.29, 1.82) is 0 Å². The van der Waals surface area contributed by atoms with E-state index in [0.29, 0.717) is 36.2 Å². The number of carboxylic acid groups (broad SMARTS) is 1. The highest BCUT2D eigenvalue weighted by molar-refractivity contribution is 7.89. The van der Waals surface area contributed by atoms with E-state index in [-0.39, 0.29) is 6.04 Å². The molecule has 5 rings (SSSR count). The molecule has 2 saturated heterocycles. The lowest BCUT2D eigenvalue weighted by atomic mass is 10.0. The zero-order valence-electron chi connectivity index (χ0n) is 23.0. The maximum atomic E-state index is 13.4. The van der Waals surface area contributed by atoms with Gasteiger partial charge in [-0.3, -0.25) is 0 Å². The van der Waals surface area contributed by atoms with E-state index in [2.05, 4.69) is 10.2 Å². The van der Waals surface area contributed by atoms with Crippen molar-refractivity contribution in [1.82, 2.24) is 14.5 Å². The van der Waals surface area contributed by atoms with Gasteiger partial charge in [-0.2, -0.15) is 4.31 Å². The first-order chi connectivity index (χ1) is 18.1. The third-order valence-electron chi connectivity index (χ3n) is 8.21. The van der Waals surface area contributed by atoms with E-state index in [9.17, 15) is 18.3 Å². The van der Waals surface area contributed by atoms with Crippen LogP contribution in [0.4, 0.5) is 4.79 Å². The molecule has 2 aromatic rings. The number of benzene rings is 2. The van der Waals surface area contributed by atoms with Gasteiger partial charge in [-0.1, -0.05) is 80.1 Å². The molecule has 0 aromatic heterocycles. The van der Waals surface area contributed by atoms with Crippen LogP contribution in [0.3, 0.4) is 0 Å². The first-order valence-corrected chi connectivity index (χ1v) is 15.4. The molecular formula is C30H43N3O4S. The summed E-state index contributed by atoms with van der Waals surface area (Å²) >= 11 is 0. The van der Waals surface area contributed by atoms with E-state index in [4.69, 9.17) is 0 Å². The van der Waals surface area contributed by atoms with Gasteiger partial charge in [-0.15, -0.1) is 0 Å². The Morgan fingerprint density at radius 3 is 1.95 bits per heavy atom. The first kappa shape index (κ1) is 28.6. The summed E-state index contributed by atoms with van der Waals surface area (Å²) in [5.41, 5.74) is 3.65. The molecule has 2 aliphatic heterocycles. The number of nitrogens with one attached hydrogen (secondary N) is 1. The normalized spacial score (nSPS) is 22.5. The zero-order valence-corrected chi connectivity index (χ0v) is 23.8. The Morgan fingerprint density at radius 1 is 0.921 bits per heavy atom. The monoisotopic (exact) mass is 541 g/mol. The van der Waals surface area contributed by atoms with Crippen molar-refractivity contribution in [3.63, 3.8) is 0 Å². The van der Waals surface area contributed by atoms with Crippen molar-refractivity contribution < 1.29 is 18.3 Å². The SMILES string of the molecule is C1CCCC1.Cc1cc(C)c(S(=O)(=O)N2CC3CN(CCC(NC(=O)O)c4ccccc4)C[C@H]3C2)c(C)c1. The number of hydrogen-bond acceptors (Lipinski definition) is 4. The molecule has 0 radical (unpaired) electrons. The van der Waals surface area contributed by atoms with Crippen LogP contribution in [0.1, 0.15) is 66.8 Å². The zero-order chi connectivity index (χ0) is 27.3. The van der Waals surface area contributed by atoms with Crippen molar-refractivity contribution in [2.75, 3.05) is 32.7 Å². The molecule has 0 bridgehead atoms. The summed E-state index contributed by atoms with van der Waals surface area (Å²) < 4.78 is 28.5. The second-order valence-corrected chi connectivity index (χ2v) is 13.2. The van der Waals surface area contributed by atoms with E-state index >= 15 is 0 Å². The number of aryl methyl sites for hydroxylation is 3. The van der Waals surface area contributed by atoms with Gasteiger partial charge in [0.05, 0.1) is 10.9 Å². The van der Waals surface area contributed by atoms with Gasteiger partial charge in [0.25, 0.3) is 0 Å². The third-order valence-corrected chi connectivity index (χ3v) is 10.4. The van der Waals surface area contributed by atoms with E-state index in [1.165, 1.54) is 32.1 Å². The maximum Gasteiger partial charge on any atom is 0.405 e. The number of hydrogen-bond donors (Lipinski definition) is 2. The minimum Gasteiger partial charge on any atom is -0.465 e. The van der Waals surface area contributed by atoms with Crippen LogP contribution in [0, 0.1) is 32.6 Å². The molecule has 0 spiro atoms. The third kappa shape index (κ3) is 6.96. The number of nitrogens with zero attached hydrogens (tertiary/aromatic N) is 2. The van der Waals surface area contributed by atoms with Gasteiger partial charge in [0, 0.05) is 32.7 Å². The summed E-state index contributed by atoms with van der Waals surface area (Å²) in [6.45, 7) is 9.29. The number of rotatable bonds is 7. The van der Waals surface area contributed by atoms with E-state index in [0.717, 1.165) is 41.9 Å². The van der Waals surface area contributed by atoms with Gasteiger partial charge in [-0.05, 0) is 55.7 Å². The number of carbonyl (C=O) groups is 1. The summed E-state index contributed by atoms with van der Waals surface area (Å²) in [5, 5.41) is 11.9. The van der Waals surface area contributed by atoms with Gasteiger partial charge in [0.1, 0.15) is 0 Å². The molecule has 1 saturated carbocycles. The molecule has 2 heterocycles. The van der Waals surface area contributed by atoms with E-state index in [1.54, 1.807) is 4.31 Å². The number of likely N-dealkylation sites (tertiary alicyclic amines) is 1. The Bertz CT molecular complexity index is 1150. The summed E-state index contributed by atoms with van der Waals surface area (Å²) in [7, 11) is -3.51. The van der Waals surface area contributed by atoms with Crippen LogP contribution in [-0.2, 0) is 10.0 Å². The Balaban J connectivity index is 0.000000603. The number of amides is 1. The Morgan fingerprint density at radius 2 is 1.45 bits per heavy atom. The molecule has 38 heavy (non-hydrogen) atoms. The Labute approximate surface area is 228 Å². The molecule has 208 valence electrons. The average Bonchev–Trinajstić information content (AvgIpc) is 3.60. The Hall–Kier alpha value is -2.42. The van der Waals surface area contributed by atoms with Crippen molar-refractivity contribution >= 4 is 16.1 Å². The predicted octanol–water partition coefficient (Wildman–Crippen LogP) is 5.51. The van der Waals surface area contributed by atoms with Crippen LogP contribution in [0.5, 0.6) is 0 Å². The molecule has 3 aliphatic rings. The molecule has 2 unspecified atom stereocenters. The van der Waals surface area contributed by atoms with Crippen LogP contribution >= 0.6 is 0 Å². The van der Waals surface area contributed by atoms with Crippen LogP contribution in [0.15, 0.2) is 47.4 Å². The fourth-order valence-electron chi connectivity index (χ4n) is 6.48. The summed E-state index contributed by atoms with van der Waals surface area (Å²) in [6, 6.07) is 13.3.